The Morgan fingerprint density at radius 1 is 1.06 bits per heavy atom. The van der Waals surface area contributed by atoms with E-state index in [1.165, 1.54) is 4.90 Å². The van der Waals surface area contributed by atoms with Crippen LogP contribution in [0, 0.1) is 0 Å². The standard InChI is InChI=1S/C26H27BrCl2N2O3/c1-4-16(2)30-26(33)17(3)31(14-18-9-11-21(28)22(29)13-18)24(32)15-34-23-12-10-19-7-5-6-8-20(19)25(23)27/h5-13,16-17H,4,14-15H2,1-3H3,(H,30,33). The van der Waals surface area contributed by atoms with Crippen LogP contribution in [-0.4, -0.2) is 35.4 Å². The van der Waals surface area contributed by atoms with Crippen molar-refractivity contribution in [3.05, 3.63) is 74.7 Å². The van der Waals surface area contributed by atoms with E-state index in [9.17, 15) is 9.59 Å². The lowest BCUT2D eigenvalue weighted by Gasteiger charge is -2.29. The zero-order valence-electron chi connectivity index (χ0n) is 19.3. The molecule has 2 amide bonds. The molecular formula is C26H27BrCl2N2O3. The summed E-state index contributed by atoms with van der Waals surface area (Å²) in [6.45, 7) is 5.59. The van der Waals surface area contributed by atoms with Crippen LogP contribution in [0.5, 0.6) is 5.75 Å². The highest BCUT2D eigenvalue weighted by atomic mass is 79.9. The molecule has 0 aliphatic rings. The first-order valence-corrected chi connectivity index (χ1v) is 12.6. The van der Waals surface area contributed by atoms with Crippen molar-refractivity contribution in [3.8, 4) is 5.75 Å². The molecule has 2 atom stereocenters. The molecule has 0 fully saturated rings. The van der Waals surface area contributed by atoms with Gasteiger partial charge in [-0.1, -0.05) is 66.5 Å². The fourth-order valence-electron chi connectivity index (χ4n) is 3.43. The van der Waals surface area contributed by atoms with Crippen molar-refractivity contribution in [2.75, 3.05) is 6.61 Å². The van der Waals surface area contributed by atoms with Gasteiger partial charge in [0.1, 0.15) is 11.8 Å². The summed E-state index contributed by atoms with van der Waals surface area (Å²) in [7, 11) is 0. The maximum atomic E-state index is 13.3. The number of carbonyl (C=O) groups excluding carboxylic acids is 2. The summed E-state index contributed by atoms with van der Waals surface area (Å²) in [5.41, 5.74) is 0.762. The number of nitrogens with zero attached hydrogens (tertiary/aromatic N) is 1. The first-order valence-electron chi connectivity index (χ1n) is 11.0. The highest BCUT2D eigenvalue weighted by Crippen LogP contribution is 2.33. The molecule has 3 aromatic carbocycles. The number of carbonyl (C=O) groups is 2. The van der Waals surface area contributed by atoms with Crippen LogP contribution in [0.15, 0.2) is 59.1 Å². The predicted octanol–water partition coefficient (Wildman–Crippen LogP) is 6.62. The third kappa shape index (κ3) is 6.44. The number of nitrogens with one attached hydrogen (secondary N) is 1. The van der Waals surface area contributed by atoms with E-state index < -0.39 is 6.04 Å². The lowest BCUT2D eigenvalue weighted by molar-refractivity contribution is -0.142. The van der Waals surface area contributed by atoms with Crippen molar-refractivity contribution >= 4 is 61.7 Å². The molecule has 5 nitrogen and oxygen atoms in total. The number of hydrogen-bond donors (Lipinski definition) is 1. The molecule has 0 saturated heterocycles. The van der Waals surface area contributed by atoms with Crippen LogP contribution in [-0.2, 0) is 16.1 Å². The monoisotopic (exact) mass is 564 g/mol. The normalized spacial score (nSPS) is 12.8. The molecule has 1 N–H and O–H groups in total. The summed E-state index contributed by atoms with van der Waals surface area (Å²) in [6.07, 6.45) is 0.790. The average Bonchev–Trinajstić information content (AvgIpc) is 2.83. The molecule has 0 aliphatic heterocycles. The Morgan fingerprint density at radius 3 is 2.50 bits per heavy atom. The van der Waals surface area contributed by atoms with Crippen molar-refractivity contribution in [3.63, 3.8) is 0 Å². The average molecular weight is 566 g/mol. The second-order valence-electron chi connectivity index (χ2n) is 8.15. The highest BCUT2D eigenvalue weighted by molar-refractivity contribution is 9.10. The van der Waals surface area contributed by atoms with Gasteiger partial charge in [0.2, 0.25) is 5.91 Å². The Labute approximate surface area is 218 Å². The summed E-state index contributed by atoms with van der Waals surface area (Å²) < 4.78 is 6.66. The largest absolute Gasteiger partial charge is 0.483 e. The highest BCUT2D eigenvalue weighted by Gasteiger charge is 2.27. The smallest absolute Gasteiger partial charge is 0.261 e. The van der Waals surface area contributed by atoms with Crippen LogP contribution in [0.4, 0.5) is 0 Å². The third-order valence-electron chi connectivity index (χ3n) is 5.68. The Bertz CT molecular complexity index is 1190. The molecule has 0 aliphatic carbocycles. The molecular weight excluding hydrogens is 539 g/mol. The van der Waals surface area contributed by atoms with Gasteiger partial charge < -0.3 is 15.0 Å². The SMILES string of the molecule is CCC(C)NC(=O)C(C)N(Cc1ccc(Cl)c(Cl)c1)C(=O)COc1ccc2ccccc2c1Br. The van der Waals surface area contributed by atoms with Gasteiger partial charge in [-0.15, -0.1) is 0 Å². The second-order valence-corrected chi connectivity index (χ2v) is 9.76. The van der Waals surface area contributed by atoms with E-state index in [1.807, 2.05) is 50.2 Å². The topological polar surface area (TPSA) is 58.6 Å². The quantitative estimate of drug-likeness (QED) is 0.317. The van der Waals surface area contributed by atoms with Gasteiger partial charge in [-0.05, 0) is 70.7 Å². The van der Waals surface area contributed by atoms with Crippen LogP contribution in [0.2, 0.25) is 10.0 Å². The molecule has 3 aromatic rings. The van der Waals surface area contributed by atoms with Gasteiger partial charge in [0.25, 0.3) is 5.91 Å². The van der Waals surface area contributed by atoms with Crippen LogP contribution >= 0.6 is 39.1 Å². The fourth-order valence-corrected chi connectivity index (χ4v) is 4.36. The summed E-state index contributed by atoms with van der Waals surface area (Å²) in [5, 5.41) is 5.81. The number of benzene rings is 3. The van der Waals surface area contributed by atoms with Gasteiger partial charge in [0.05, 0.1) is 14.5 Å². The third-order valence-corrected chi connectivity index (χ3v) is 7.24. The second kappa shape index (κ2) is 11.9. The first kappa shape index (κ1) is 26.3. The minimum atomic E-state index is -0.709. The van der Waals surface area contributed by atoms with E-state index in [4.69, 9.17) is 27.9 Å². The Balaban J connectivity index is 1.81. The van der Waals surface area contributed by atoms with E-state index in [0.717, 1.165) is 27.2 Å². The number of fused-ring (bicyclic) bond motifs is 1. The number of amides is 2. The van der Waals surface area contributed by atoms with Crippen molar-refractivity contribution in [1.29, 1.82) is 0 Å². The summed E-state index contributed by atoms with van der Waals surface area (Å²) >= 11 is 15.8. The Kier molecular flexibility index (Phi) is 9.23. The molecule has 0 spiro atoms. The molecule has 0 heterocycles. The van der Waals surface area contributed by atoms with Crippen molar-refractivity contribution in [1.82, 2.24) is 10.2 Å². The molecule has 34 heavy (non-hydrogen) atoms. The number of ether oxygens (including phenoxy) is 1. The van der Waals surface area contributed by atoms with Gasteiger partial charge in [-0.3, -0.25) is 9.59 Å². The zero-order chi connectivity index (χ0) is 24.8. The Hall–Kier alpha value is -2.28. The molecule has 0 radical (unpaired) electrons. The minimum absolute atomic E-state index is 0.00156. The van der Waals surface area contributed by atoms with E-state index in [2.05, 4.69) is 21.2 Å². The van der Waals surface area contributed by atoms with Crippen molar-refractivity contribution in [2.45, 2.75) is 45.8 Å². The van der Waals surface area contributed by atoms with Gasteiger partial charge in [0, 0.05) is 12.6 Å². The number of halogens is 3. The molecule has 3 rings (SSSR count). The molecule has 0 bridgehead atoms. The summed E-state index contributed by atoms with van der Waals surface area (Å²) in [6, 6.07) is 16.1. The molecule has 0 aromatic heterocycles. The van der Waals surface area contributed by atoms with Crippen molar-refractivity contribution in [2.24, 2.45) is 0 Å². The van der Waals surface area contributed by atoms with E-state index in [1.54, 1.807) is 25.1 Å². The van der Waals surface area contributed by atoms with Crippen LogP contribution in [0.25, 0.3) is 10.8 Å². The predicted molar refractivity (Wildman–Crippen MR) is 142 cm³/mol. The van der Waals surface area contributed by atoms with Gasteiger partial charge in [0.15, 0.2) is 6.61 Å². The van der Waals surface area contributed by atoms with Crippen molar-refractivity contribution < 1.29 is 14.3 Å². The zero-order valence-corrected chi connectivity index (χ0v) is 22.4. The minimum Gasteiger partial charge on any atom is -0.483 e. The van der Waals surface area contributed by atoms with Crippen LogP contribution in [0.3, 0.4) is 0 Å². The number of rotatable bonds is 9. The maximum absolute atomic E-state index is 13.3. The maximum Gasteiger partial charge on any atom is 0.261 e. The molecule has 0 saturated carbocycles. The molecule has 180 valence electrons. The summed E-state index contributed by atoms with van der Waals surface area (Å²) in [5.74, 6) is 0.00539. The lowest BCUT2D eigenvalue weighted by Crippen LogP contribution is -2.50. The lowest BCUT2D eigenvalue weighted by atomic mass is 10.1. The Morgan fingerprint density at radius 2 is 1.79 bits per heavy atom. The van der Waals surface area contributed by atoms with Gasteiger partial charge in [-0.2, -0.15) is 0 Å². The molecule has 8 heteroatoms. The van der Waals surface area contributed by atoms with E-state index in [0.29, 0.717) is 15.8 Å². The summed E-state index contributed by atoms with van der Waals surface area (Å²) in [4.78, 5) is 27.6. The number of hydrogen-bond acceptors (Lipinski definition) is 3. The van der Waals surface area contributed by atoms with Crippen LogP contribution < -0.4 is 10.1 Å². The van der Waals surface area contributed by atoms with Crippen LogP contribution in [0.1, 0.15) is 32.8 Å². The van der Waals surface area contributed by atoms with Gasteiger partial charge >= 0.3 is 0 Å². The van der Waals surface area contributed by atoms with E-state index >= 15 is 0 Å². The first-order chi connectivity index (χ1) is 16.2. The fraction of sp³-hybridized carbons (Fsp3) is 0.308. The van der Waals surface area contributed by atoms with Gasteiger partial charge in [-0.25, -0.2) is 0 Å². The molecule has 2 unspecified atom stereocenters. The van der Waals surface area contributed by atoms with E-state index in [-0.39, 0.29) is 31.0 Å².